The van der Waals surface area contributed by atoms with Crippen molar-refractivity contribution < 1.29 is 19.4 Å². The van der Waals surface area contributed by atoms with E-state index >= 15 is 0 Å². The van der Waals surface area contributed by atoms with Gasteiger partial charge in [0.25, 0.3) is 5.78 Å². The first-order valence-electron chi connectivity index (χ1n) is 9.88. The van der Waals surface area contributed by atoms with E-state index in [0.29, 0.717) is 22.0 Å². The maximum atomic E-state index is 13.2. The first-order chi connectivity index (χ1) is 15.2. The fourth-order valence-electron chi connectivity index (χ4n) is 3.62. The molecule has 1 amide bonds. The lowest BCUT2D eigenvalue weighted by Gasteiger charge is -2.23. The third-order valence-corrected chi connectivity index (χ3v) is 6.85. The van der Waals surface area contributed by atoms with Crippen molar-refractivity contribution in [2.24, 2.45) is 0 Å². The molecule has 1 fully saturated rings. The molecule has 0 aliphatic carbocycles. The van der Waals surface area contributed by atoms with Crippen molar-refractivity contribution in [2.45, 2.75) is 26.8 Å². The smallest absolute Gasteiger partial charge is 0.301 e. The van der Waals surface area contributed by atoms with Crippen molar-refractivity contribution in [3.8, 4) is 5.75 Å². The van der Waals surface area contributed by atoms with Gasteiger partial charge >= 0.3 is 5.91 Å². The summed E-state index contributed by atoms with van der Waals surface area (Å²) in [6.07, 6.45) is 0. The molecule has 1 aliphatic rings. The SMILES string of the molecule is COc1ccc(/C(O)=C2\C(=O)C(=O)N(c3nc(C)c(C)s3)[C@H]2c2ccc(C)cc2)cc1Cl. The van der Waals surface area contributed by atoms with Crippen LogP contribution < -0.4 is 9.64 Å². The number of Topliss-reactive ketones (excluding diaryl/α,β-unsaturated/α-hetero) is 1. The van der Waals surface area contributed by atoms with Gasteiger partial charge in [0.05, 0.1) is 29.4 Å². The van der Waals surface area contributed by atoms with Crippen molar-refractivity contribution in [3.63, 3.8) is 0 Å². The molecule has 0 radical (unpaired) electrons. The first kappa shape index (κ1) is 22.0. The van der Waals surface area contributed by atoms with E-state index in [1.807, 2.05) is 45.0 Å². The van der Waals surface area contributed by atoms with Crippen LogP contribution in [0.5, 0.6) is 5.75 Å². The summed E-state index contributed by atoms with van der Waals surface area (Å²) in [5.41, 5.74) is 2.83. The molecule has 8 heteroatoms. The summed E-state index contributed by atoms with van der Waals surface area (Å²) in [6, 6.07) is 11.4. The molecule has 0 spiro atoms. The number of halogens is 1. The van der Waals surface area contributed by atoms with Crippen LogP contribution in [0.25, 0.3) is 5.76 Å². The monoisotopic (exact) mass is 468 g/mol. The highest BCUT2D eigenvalue weighted by Crippen LogP contribution is 2.44. The Morgan fingerprint density at radius 2 is 1.81 bits per heavy atom. The van der Waals surface area contributed by atoms with Gasteiger partial charge in [-0.15, -0.1) is 11.3 Å². The maximum absolute atomic E-state index is 13.2. The number of hydrogen-bond acceptors (Lipinski definition) is 6. The summed E-state index contributed by atoms with van der Waals surface area (Å²) >= 11 is 7.57. The topological polar surface area (TPSA) is 79.7 Å². The van der Waals surface area contributed by atoms with E-state index < -0.39 is 17.7 Å². The Morgan fingerprint density at radius 1 is 1.12 bits per heavy atom. The van der Waals surface area contributed by atoms with Crippen LogP contribution in [0, 0.1) is 20.8 Å². The number of benzene rings is 2. The second-order valence-electron chi connectivity index (χ2n) is 7.57. The third kappa shape index (κ3) is 3.67. The molecular weight excluding hydrogens is 448 g/mol. The van der Waals surface area contributed by atoms with E-state index in [1.165, 1.54) is 29.4 Å². The average molecular weight is 469 g/mol. The summed E-state index contributed by atoms with van der Waals surface area (Å²) in [7, 11) is 1.49. The fraction of sp³-hybridized carbons (Fsp3) is 0.208. The van der Waals surface area contributed by atoms with Gasteiger partial charge in [-0.3, -0.25) is 14.5 Å². The van der Waals surface area contributed by atoms with Crippen molar-refractivity contribution in [1.82, 2.24) is 4.98 Å². The summed E-state index contributed by atoms with van der Waals surface area (Å²) in [4.78, 5) is 33.1. The molecule has 1 N–H and O–H groups in total. The number of carbonyl (C=O) groups excluding carboxylic acids is 2. The number of ketones is 1. The molecule has 164 valence electrons. The predicted molar refractivity (Wildman–Crippen MR) is 126 cm³/mol. The van der Waals surface area contributed by atoms with E-state index in [-0.39, 0.29) is 16.4 Å². The molecular formula is C24H21ClN2O4S. The standard InChI is InChI=1S/C24H21ClN2O4S/c1-12-5-7-15(8-6-12)20-19(21(28)16-9-10-18(31-4)17(25)11-16)22(29)23(30)27(20)24-26-13(2)14(3)32-24/h5-11,20,28H,1-4H3/b21-19+/t20-/m0/s1. The molecule has 2 heterocycles. The van der Waals surface area contributed by atoms with Gasteiger partial charge < -0.3 is 9.84 Å². The highest BCUT2D eigenvalue weighted by Gasteiger charge is 2.48. The third-order valence-electron chi connectivity index (χ3n) is 5.49. The zero-order valence-electron chi connectivity index (χ0n) is 18.0. The normalized spacial score (nSPS) is 17.8. The van der Waals surface area contributed by atoms with Gasteiger partial charge in [0.1, 0.15) is 11.5 Å². The largest absolute Gasteiger partial charge is 0.507 e. The predicted octanol–water partition coefficient (Wildman–Crippen LogP) is 5.36. The van der Waals surface area contributed by atoms with Crippen LogP contribution in [0.4, 0.5) is 5.13 Å². The molecule has 3 aromatic rings. The average Bonchev–Trinajstić information content (AvgIpc) is 3.23. The molecule has 0 saturated carbocycles. The summed E-state index contributed by atoms with van der Waals surface area (Å²) in [6.45, 7) is 5.72. The van der Waals surface area contributed by atoms with Gasteiger partial charge in [-0.2, -0.15) is 0 Å². The van der Waals surface area contributed by atoms with Crippen LogP contribution in [0.3, 0.4) is 0 Å². The Hall–Kier alpha value is -3.16. The van der Waals surface area contributed by atoms with Gasteiger partial charge in [-0.05, 0) is 44.5 Å². The van der Waals surface area contributed by atoms with Crippen LogP contribution in [-0.2, 0) is 9.59 Å². The Labute approximate surface area is 194 Å². The van der Waals surface area contributed by atoms with Gasteiger partial charge in [0, 0.05) is 10.4 Å². The molecule has 1 atom stereocenters. The number of aryl methyl sites for hydroxylation is 3. The number of aromatic nitrogens is 1. The maximum Gasteiger partial charge on any atom is 0.301 e. The molecule has 4 rings (SSSR count). The quantitative estimate of drug-likeness (QED) is 0.317. The van der Waals surface area contributed by atoms with Crippen molar-refractivity contribution in [3.05, 3.63) is 80.3 Å². The molecule has 1 aromatic heterocycles. The van der Waals surface area contributed by atoms with E-state index in [2.05, 4.69) is 4.98 Å². The zero-order chi connectivity index (χ0) is 23.2. The zero-order valence-corrected chi connectivity index (χ0v) is 19.5. The van der Waals surface area contributed by atoms with Crippen LogP contribution in [-0.4, -0.2) is 28.9 Å². The Morgan fingerprint density at radius 3 is 2.38 bits per heavy atom. The second kappa shape index (κ2) is 8.41. The molecule has 6 nitrogen and oxygen atoms in total. The van der Waals surface area contributed by atoms with Crippen molar-refractivity contribution in [2.75, 3.05) is 12.0 Å². The van der Waals surface area contributed by atoms with E-state index in [9.17, 15) is 14.7 Å². The summed E-state index contributed by atoms with van der Waals surface area (Å²) < 4.78 is 5.17. The Bertz CT molecular complexity index is 1240. The number of rotatable bonds is 4. The van der Waals surface area contributed by atoms with Crippen LogP contribution in [0.2, 0.25) is 5.02 Å². The number of methoxy groups -OCH3 is 1. The van der Waals surface area contributed by atoms with Crippen molar-refractivity contribution in [1.29, 1.82) is 0 Å². The van der Waals surface area contributed by atoms with E-state index in [0.717, 1.165) is 16.1 Å². The summed E-state index contributed by atoms with van der Waals surface area (Å²) in [5.74, 6) is -1.37. The van der Waals surface area contributed by atoms with Crippen LogP contribution in [0.15, 0.2) is 48.0 Å². The van der Waals surface area contributed by atoms with E-state index in [1.54, 1.807) is 12.1 Å². The number of amides is 1. The van der Waals surface area contributed by atoms with Crippen molar-refractivity contribution >= 4 is 45.5 Å². The number of thiazole rings is 1. The van der Waals surface area contributed by atoms with Gasteiger partial charge in [-0.1, -0.05) is 41.4 Å². The van der Waals surface area contributed by atoms with E-state index in [4.69, 9.17) is 16.3 Å². The number of aliphatic hydroxyl groups excluding tert-OH is 1. The molecule has 1 saturated heterocycles. The lowest BCUT2D eigenvalue weighted by Crippen LogP contribution is -2.29. The Balaban J connectivity index is 1.94. The number of ether oxygens (including phenoxy) is 1. The number of nitrogens with zero attached hydrogens (tertiary/aromatic N) is 2. The molecule has 0 unspecified atom stereocenters. The lowest BCUT2D eigenvalue weighted by molar-refractivity contribution is -0.132. The van der Waals surface area contributed by atoms with Gasteiger partial charge in [0.15, 0.2) is 5.13 Å². The highest BCUT2D eigenvalue weighted by atomic mass is 35.5. The Kier molecular flexibility index (Phi) is 5.79. The minimum atomic E-state index is -0.818. The number of hydrogen-bond donors (Lipinski definition) is 1. The highest BCUT2D eigenvalue weighted by molar-refractivity contribution is 7.16. The number of anilines is 1. The van der Waals surface area contributed by atoms with Crippen LogP contribution in [0.1, 0.15) is 33.3 Å². The lowest BCUT2D eigenvalue weighted by atomic mass is 9.95. The molecule has 0 bridgehead atoms. The number of aliphatic hydroxyl groups is 1. The molecule has 32 heavy (non-hydrogen) atoms. The fourth-order valence-corrected chi connectivity index (χ4v) is 4.82. The number of carbonyl (C=O) groups is 2. The molecule has 2 aromatic carbocycles. The van der Waals surface area contributed by atoms with Gasteiger partial charge in [-0.25, -0.2) is 4.98 Å². The minimum absolute atomic E-state index is 0.00871. The second-order valence-corrected chi connectivity index (χ2v) is 9.16. The van der Waals surface area contributed by atoms with Crippen LogP contribution >= 0.6 is 22.9 Å². The molecule has 1 aliphatic heterocycles. The first-order valence-corrected chi connectivity index (χ1v) is 11.1. The minimum Gasteiger partial charge on any atom is -0.507 e. The van der Waals surface area contributed by atoms with Gasteiger partial charge in [0.2, 0.25) is 0 Å². The summed E-state index contributed by atoms with van der Waals surface area (Å²) in [5, 5.41) is 11.9.